The van der Waals surface area contributed by atoms with Gasteiger partial charge in [0.1, 0.15) is 5.82 Å². The molecule has 0 saturated heterocycles. The SMILES string of the molecule is Cc1cc(F)ccc1NC(CC#N)c1ccccc1. The topological polar surface area (TPSA) is 35.8 Å². The highest BCUT2D eigenvalue weighted by molar-refractivity contribution is 5.52. The average molecular weight is 254 g/mol. The van der Waals surface area contributed by atoms with E-state index in [0.717, 1.165) is 16.8 Å². The zero-order valence-electron chi connectivity index (χ0n) is 10.7. The zero-order chi connectivity index (χ0) is 13.7. The number of halogens is 1. The maximum Gasteiger partial charge on any atom is 0.123 e. The molecule has 2 nitrogen and oxygen atoms in total. The minimum Gasteiger partial charge on any atom is -0.377 e. The Labute approximate surface area is 112 Å². The molecule has 2 aromatic carbocycles. The number of hydrogen-bond acceptors (Lipinski definition) is 2. The predicted molar refractivity (Wildman–Crippen MR) is 74.2 cm³/mol. The molecule has 2 aromatic rings. The fourth-order valence-corrected chi connectivity index (χ4v) is 2.01. The number of aryl methyl sites for hydroxylation is 1. The van der Waals surface area contributed by atoms with E-state index in [1.807, 2.05) is 37.3 Å². The van der Waals surface area contributed by atoms with Crippen LogP contribution >= 0.6 is 0 Å². The van der Waals surface area contributed by atoms with Gasteiger partial charge in [-0.3, -0.25) is 0 Å². The van der Waals surface area contributed by atoms with E-state index in [-0.39, 0.29) is 11.9 Å². The molecule has 1 atom stereocenters. The fourth-order valence-electron chi connectivity index (χ4n) is 2.01. The predicted octanol–water partition coefficient (Wildman–Crippen LogP) is 4.20. The molecule has 0 bridgehead atoms. The van der Waals surface area contributed by atoms with Crippen LogP contribution in [0.3, 0.4) is 0 Å². The molecule has 0 heterocycles. The summed E-state index contributed by atoms with van der Waals surface area (Å²) in [6.45, 7) is 1.85. The van der Waals surface area contributed by atoms with Gasteiger partial charge >= 0.3 is 0 Å². The van der Waals surface area contributed by atoms with Crippen molar-refractivity contribution in [1.82, 2.24) is 0 Å². The van der Waals surface area contributed by atoms with Crippen molar-refractivity contribution in [1.29, 1.82) is 5.26 Å². The Bertz CT molecular complexity index is 587. The first-order chi connectivity index (χ1) is 9.20. The largest absolute Gasteiger partial charge is 0.377 e. The summed E-state index contributed by atoms with van der Waals surface area (Å²) in [5.74, 6) is -0.250. The molecule has 0 saturated carbocycles. The highest BCUT2D eigenvalue weighted by Crippen LogP contribution is 2.25. The van der Waals surface area contributed by atoms with E-state index >= 15 is 0 Å². The van der Waals surface area contributed by atoms with Crippen molar-refractivity contribution in [2.75, 3.05) is 5.32 Å². The third-order valence-corrected chi connectivity index (χ3v) is 3.02. The van der Waals surface area contributed by atoms with Gasteiger partial charge in [-0.25, -0.2) is 4.39 Å². The van der Waals surface area contributed by atoms with Crippen LogP contribution in [0, 0.1) is 24.1 Å². The maximum absolute atomic E-state index is 13.1. The highest BCUT2D eigenvalue weighted by Gasteiger charge is 2.11. The van der Waals surface area contributed by atoms with Crippen molar-refractivity contribution in [3.8, 4) is 6.07 Å². The van der Waals surface area contributed by atoms with Gasteiger partial charge in [0.2, 0.25) is 0 Å². The van der Waals surface area contributed by atoms with Crippen LogP contribution in [0.25, 0.3) is 0 Å². The molecule has 0 aromatic heterocycles. The first kappa shape index (κ1) is 13.1. The summed E-state index contributed by atoms with van der Waals surface area (Å²) < 4.78 is 13.1. The Morgan fingerprint density at radius 3 is 2.58 bits per heavy atom. The summed E-state index contributed by atoms with van der Waals surface area (Å²) in [7, 11) is 0. The molecule has 96 valence electrons. The van der Waals surface area contributed by atoms with Crippen LogP contribution < -0.4 is 5.32 Å². The molecule has 0 spiro atoms. The molecule has 19 heavy (non-hydrogen) atoms. The third kappa shape index (κ3) is 3.32. The first-order valence-corrected chi connectivity index (χ1v) is 6.15. The number of nitriles is 1. The monoisotopic (exact) mass is 254 g/mol. The maximum atomic E-state index is 13.1. The minimum absolute atomic E-state index is 0.0876. The molecule has 0 amide bonds. The molecule has 3 heteroatoms. The molecular formula is C16H15FN2. The summed E-state index contributed by atoms with van der Waals surface area (Å²) in [5.41, 5.74) is 2.73. The van der Waals surface area contributed by atoms with Crippen LogP contribution in [-0.2, 0) is 0 Å². The van der Waals surface area contributed by atoms with Gasteiger partial charge < -0.3 is 5.32 Å². The van der Waals surface area contributed by atoms with Crippen LogP contribution in [0.4, 0.5) is 10.1 Å². The molecule has 2 rings (SSSR count). The first-order valence-electron chi connectivity index (χ1n) is 6.15. The lowest BCUT2D eigenvalue weighted by Crippen LogP contribution is -2.11. The molecular weight excluding hydrogens is 239 g/mol. The van der Waals surface area contributed by atoms with Gasteiger partial charge in [-0.2, -0.15) is 5.26 Å². The van der Waals surface area contributed by atoms with Crippen molar-refractivity contribution in [3.63, 3.8) is 0 Å². The Hall–Kier alpha value is -2.34. The Morgan fingerprint density at radius 1 is 1.21 bits per heavy atom. The van der Waals surface area contributed by atoms with Gasteiger partial charge in [0.05, 0.1) is 18.5 Å². The molecule has 0 radical (unpaired) electrons. The van der Waals surface area contributed by atoms with Crippen molar-refractivity contribution >= 4 is 5.69 Å². The normalized spacial score (nSPS) is 11.6. The van der Waals surface area contributed by atoms with E-state index in [4.69, 9.17) is 5.26 Å². The van der Waals surface area contributed by atoms with E-state index in [0.29, 0.717) is 6.42 Å². The van der Waals surface area contributed by atoms with Crippen LogP contribution in [0.5, 0.6) is 0 Å². The molecule has 0 aliphatic carbocycles. The second-order valence-corrected chi connectivity index (χ2v) is 4.43. The van der Waals surface area contributed by atoms with Crippen molar-refractivity contribution in [3.05, 3.63) is 65.5 Å². The summed E-state index contributed by atoms with van der Waals surface area (Å²) in [5, 5.41) is 12.2. The fraction of sp³-hybridized carbons (Fsp3) is 0.188. The molecule has 1 unspecified atom stereocenters. The lowest BCUT2D eigenvalue weighted by Gasteiger charge is -2.19. The Balaban J connectivity index is 2.24. The average Bonchev–Trinajstić information content (AvgIpc) is 2.42. The lowest BCUT2D eigenvalue weighted by atomic mass is 10.0. The second-order valence-electron chi connectivity index (χ2n) is 4.43. The lowest BCUT2D eigenvalue weighted by molar-refractivity contribution is 0.626. The third-order valence-electron chi connectivity index (χ3n) is 3.02. The molecule has 1 N–H and O–H groups in total. The van der Waals surface area contributed by atoms with E-state index in [2.05, 4.69) is 11.4 Å². The van der Waals surface area contributed by atoms with Crippen molar-refractivity contribution in [2.45, 2.75) is 19.4 Å². The van der Waals surface area contributed by atoms with Gasteiger partial charge in [-0.05, 0) is 36.2 Å². The van der Waals surface area contributed by atoms with Crippen LogP contribution in [0.2, 0.25) is 0 Å². The molecule has 0 aliphatic rings. The highest BCUT2D eigenvalue weighted by atomic mass is 19.1. The zero-order valence-corrected chi connectivity index (χ0v) is 10.7. The van der Waals surface area contributed by atoms with E-state index < -0.39 is 0 Å². The van der Waals surface area contributed by atoms with Crippen LogP contribution in [0.15, 0.2) is 48.5 Å². The van der Waals surface area contributed by atoms with Gasteiger partial charge in [-0.1, -0.05) is 30.3 Å². The summed E-state index contributed by atoms with van der Waals surface area (Å²) in [6, 6.07) is 16.5. The molecule has 0 aliphatic heterocycles. The van der Waals surface area contributed by atoms with Crippen LogP contribution in [0.1, 0.15) is 23.6 Å². The summed E-state index contributed by atoms with van der Waals surface area (Å²) >= 11 is 0. The van der Waals surface area contributed by atoms with Gasteiger partial charge in [0.25, 0.3) is 0 Å². The van der Waals surface area contributed by atoms with Crippen molar-refractivity contribution < 1.29 is 4.39 Å². The summed E-state index contributed by atoms with van der Waals surface area (Å²) in [4.78, 5) is 0. The summed E-state index contributed by atoms with van der Waals surface area (Å²) in [6.07, 6.45) is 0.362. The molecule has 0 fully saturated rings. The number of nitrogens with zero attached hydrogens (tertiary/aromatic N) is 1. The number of anilines is 1. The smallest absolute Gasteiger partial charge is 0.123 e. The number of benzene rings is 2. The van der Waals surface area contributed by atoms with E-state index in [1.165, 1.54) is 12.1 Å². The standard InChI is InChI=1S/C16H15FN2/c1-12-11-14(17)7-8-15(12)19-16(9-10-18)13-5-3-2-4-6-13/h2-8,11,16,19H,9H2,1H3. The Morgan fingerprint density at radius 2 is 1.95 bits per heavy atom. The quantitative estimate of drug-likeness (QED) is 0.887. The van der Waals surface area contributed by atoms with E-state index in [1.54, 1.807) is 6.07 Å². The van der Waals surface area contributed by atoms with Crippen molar-refractivity contribution in [2.24, 2.45) is 0 Å². The van der Waals surface area contributed by atoms with Gasteiger partial charge in [-0.15, -0.1) is 0 Å². The van der Waals surface area contributed by atoms with E-state index in [9.17, 15) is 4.39 Å². The van der Waals surface area contributed by atoms with Crippen LogP contribution in [-0.4, -0.2) is 0 Å². The van der Waals surface area contributed by atoms with Gasteiger partial charge in [0, 0.05) is 5.69 Å². The van der Waals surface area contributed by atoms with Gasteiger partial charge in [0.15, 0.2) is 0 Å². The minimum atomic E-state index is -0.250. The Kier molecular flexibility index (Phi) is 4.15. The number of rotatable bonds is 4. The number of hydrogen-bond donors (Lipinski definition) is 1. The second kappa shape index (κ2) is 6.01. The number of nitrogens with one attached hydrogen (secondary N) is 1.